The first-order valence-electron chi connectivity index (χ1n) is 7.65. The fourth-order valence-corrected chi connectivity index (χ4v) is 2.97. The molecule has 2 aromatic heterocycles. The average Bonchev–Trinajstić information content (AvgIpc) is 3.13. The minimum atomic E-state index is -4.73. The molecule has 144 valence electrons. The third-order valence-electron chi connectivity index (χ3n) is 3.81. The molecule has 1 aliphatic rings. The Hall–Kier alpha value is -1.70. The molecule has 0 amide bonds. The Morgan fingerprint density at radius 1 is 1.31 bits per heavy atom. The number of ether oxygens (including phenoxy) is 1. The summed E-state index contributed by atoms with van der Waals surface area (Å²) < 4.78 is 22.1. The Labute approximate surface area is 147 Å². The molecule has 7 N–H and O–H groups in total. The summed E-state index contributed by atoms with van der Waals surface area (Å²) in [7, 11) is -4.73. The summed E-state index contributed by atoms with van der Waals surface area (Å²) >= 11 is 0. The average molecular weight is 390 g/mol. The maximum absolute atomic E-state index is 10.8. The number of phosphoric acid groups is 1. The summed E-state index contributed by atoms with van der Waals surface area (Å²) in [5, 5.41) is 23.3. The van der Waals surface area contributed by atoms with E-state index < -0.39 is 39.0 Å². The van der Waals surface area contributed by atoms with Gasteiger partial charge in [-0.3, -0.25) is 9.09 Å². The van der Waals surface area contributed by atoms with E-state index >= 15 is 0 Å². The van der Waals surface area contributed by atoms with E-state index in [9.17, 15) is 14.8 Å². The normalized spacial score (nSPS) is 26.5. The molecule has 0 bridgehead atoms. The van der Waals surface area contributed by atoms with Crippen molar-refractivity contribution >= 4 is 24.8 Å². The van der Waals surface area contributed by atoms with Crippen LogP contribution in [0.4, 0.5) is 5.82 Å². The number of nitrogens with two attached hydrogens (primary N) is 1. The lowest BCUT2D eigenvalue weighted by Crippen LogP contribution is -2.33. The van der Waals surface area contributed by atoms with Crippen molar-refractivity contribution in [2.75, 3.05) is 25.0 Å². The predicted molar refractivity (Wildman–Crippen MR) is 86.8 cm³/mol. The molecule has 0 radical (unpaired) electrons. The van der Waals surface area contributed by atoms with Gasteiger partial charge >= 0.3 is 7.82 Å². The van der Waals surface area contributed by atoms with Crippen LogP contribution in [0.15, 0.2) is 12.7 Å². The van der Waals surface area contributed by atoms with E-state index in [-0.39, 0.29) is 0 Å². The summed E-state index contributed by atoms with van der Waals surface area (Å²) in [5.41, 5.74) is 6.21. The molecule has 0 aliphatic carbocycles. The smallest absolute Gasteiger partial charge is 0.387 e. The van der Waals surface area contributed by atoms with Crippen molar-refractivity contribution in [3.05, 3.63) is 12.7 Å². The second kappa shape index (κ2) is 7.50. The Morgan fingerprint density at radius 3 is 2.77 bits per heavy atom. The largest absolute Gasteiger partial charge is 0.469 e. The number of imidazole rings is 1. The molecule has 26 heavy (non-hydrogen) atoms. The standard InChI is InChI=1S/C12H19N6O7P/c13-1-2-14-10-7-11(16-4-15-10)18(5-17-7)12-9(20)8(19)6(25-12)3-24-26(21,22)23/h4-6,8-9,12,19-20H,1-3,13H2,(H,14,15,16)(H2,21,22,23)/t6-,8-,9-,12-/m1/s1. The number of aliphatic hydroxyl groups excluding tert-OH is 2. The molecule has 0 saturated carbocycles. The molecule has 3 rings (SSSR count). The number of rotatable bonds is 7. The van der Waals surface area contributed by atoms with Crippen molar-refractivity contribution < 1.29 is 33.8 Å². The number of anilines is 1. The highest BCUT2D eigenvalue weighted by Gasteiger charge is 2.45. The van der Waals surface area contributed by atoms with Crippen LogP contribution in [-0.4, -0.2) is 77.5 Å². The van der Waals surface area contributed by atoms with Gasteiger partial charge in [0.15, 0.2) is 23.2 Å². The minimum Gasteiger partial charge on any atom is -0.387 e. The van der Waals surface area contributed by atoms with E-state index in [0.29, 0.717) is 30.1 Å². The second-order valence-corrected chi connectivity index (χ2v) is 6.83. The van der Waals surface area contributed by atoms with E-state index in [4.69, 9.17) is 20.3 Å². The van der Waals surface area contributed by atoms with E-state index in [0.717, 1.165) is 0 Å². The van der Waals surface area contributed by atoms with Gasteiger partial charge in [0, 0.05) is 13.1 Å². The summed E-state index contributed by atoms with van der Waals surface area (Å²) in [4.78, 5) is 29.9. The molecule has 0 aromatic carbocycles. The molecule has 3 heterocycles. The van der Waals surface area contributed by atoms with Gasteiger partial charge in [0.25, 0.3) is 0 Å². The van der Waals surface area contributed by atoms with Crippen molar-refractivity contribution in [2.45, 2.75) is 24.5 Å². The van der Waals surface area contributed by atoms with E-state index in [1.165, 1.54) is 17.2 Å². The molecule has 1 fully saturated rings. The monoisotopic (exact) mass is 390 g/mol. The van der Waals surface area contributed by atoms with Crippen LogP contribution >= 0.6 is 7.82 Å². The third-order valence-corrected chi connectivity index (χ3v) is 4.30. The number of nitrogens with one attached hydrogen (secondary N) is 1. The first kappa shape index (κ1) is 19.1. The van der Waals surface area contributed by atoms with Crippen LogP contribution < -0.4 is 11.1 Å². The van der Waals surface area contributed by atoms with Gasteiger partial charge in [-0.1, -0.05) is 0 Å². The number of aliphatic hydroxyl groups is 2. The van der Waals surface area contributed by atoms with Crippen LogP contribution in [0.3, 0.4) is 0 Å². The molecule has 0 spiro atoms. The number of hydrogen-bond donors (Lipinski definition) is 6. The first-order valence-corrected chi connectivity index (χ1v) is 9.18. The lowest BCUT2D eigenvalue weighted by Gasteiger charge is -2.16. The topological polar surface area (TPSA) is 198 Å². The van der Waals surface area contributed by atoms with Gasteiger partial charge in [-0.15, -0.1) is 0 Å². The van der Waals surface area contributed by atoms with Crippen LogP contribution in [0.5, 0.6) is 0 Å². The van der Waals surface area contributed by atoms with Crippen molar-refractivity contribution in [1.82, 2.24) is 19.5 Å². The maximum Gasteiger partial charge on any atom is 0.469 e. The minimum absolute atomic E-state index is 0.340. The summed E-state index contributed by atoms with van der Waals surface area (Å²) in [6.45, 7) is 0.274. The molecular formula is C12H19N6O7P. The highest BCUT2D eigenvalue weighted by atomic mass is 31.2. The number of nitrogens with zero attached hydrogens (tertiary/aromatic N) is 4. The lowest BCUT2D eigenvalue weighted by molar-refractivity contribution is -0.0504. The summed E-state index contributed by atoms with van der Waals surface area (Å²) in [6, 6.07) is 0. The van der Waals surface area contributed by atoms with Crippen molar-refractivity contribution in [2.24, 2.45) is 5.73 Å². The molecule has 4 atom stereocenters. The van der Waals surface area contributed by atoms with Crippen LogP contribution in [0.1, 0.15) is 6.23 Å². The van der Waals surface area contributed by atoms with Gasteiger partial charge in [0.2, 0.25) is 0 Å². The van der Waals surface area contributed by atoms with Crippen LogP contribution in [0.2, 0.25) is 0 Å². The van der Waals surface area contributed by atoms with Crippen LogP contribution in [0, 0.1) is 0 Å². The van der Waals surface area contributed by atoms with Gasteiger partial charge in [0.1, 0.15) is 24.6 Å². The van der Waals surface area contributed by atoms with Gasteiger partial charge in [-0.2, -0.15) is 0 Å². The zero-order valence-corrected chi connectivity index (χ0v) is 14.3. The van der Waals surface area contributed by atoms with Crippen molar-refractivity contribution in [3.63, 3.8) is 0 Å². The molecule has 0 unspecified atom stereocenters. The number of aromatic nitrogens is 4. The summed E-state index contributed by atoms with van der Waals surface area (Å²) in [6.07, 6.45) is -2.35. The predicted octanol–water partition coefficient (Wildman–Crippen LogP) is -2.07. The molecule has 1 aliphatic heterocycles. The second-order valence-electron chi connectivity index (χ2n) is 5.59. The van der Waals surface area contributed by atoms with Crippen LogP contribution in [0.25, 0.3) is 11.2 Å². The first-order chi connectivity index (χ1) is 12.3. The highest BCUT2D eigenvalue weighted by molar-refractivity contribution is 7.46. The third kappa shape index (κ3) is 3.84. The van der Waals surface area contributed by atoms with E-state index in [1.807, 2.05) is 0 Å². The van der Waals surface area contributed by atoms with Gasteiger partial charge in [0.05, 0.1) is 12.9 Å². The fraction of sp³-hybridized carbons (Fsp3) is 0.583. The zero-order chi connectivity index (χ0) is 18.9. The van der Waals surface area contributed by atoms with Crippen molar-refractivity contribution in [3.8, 4) is 0 Å². The highest BCUT2D eigenvalue weighted by Crippen LogP contribution is 2.38. The number of fused-ring (bicyclic) bond motifs is 1. The fourth-order valence-electron chi connectivity index (χ4n) is 2.63. The molecule has 14 heteroatoms. The van der Waals surface area contributed by atoms with Gasteiger partial charge in [-0.25, -0.2) is 19.5 Å². The lowest BCUT2D eigenvalue weighted by atomic mass is 10.1. The number of phosphoric ester groups is 1. The SMILES string of the molecule is NCCNc1ncnc2c1ncn2[C@@H]1O[C@H](COP(=O)(O)O)[C@@H](O)[C@H]1O. The number of hydrogen-bond acceptors (Lipinski definition) is 10. The molecular weight excluding hydrogens is 371 g/mol. The Morgan fingerprint density at radius 2 is 2.08 bits per heavy atom. The Bertz CT molecular complexity index is 812. The summed E-state index contributed by atoms with van der Waals surface area (Å²) in [5.74, 6) is 0.452. The molecule has 13 nitrogen and oxygen atoms in total. The van der Waals surface area contributed by atoms with Crippen molar-refractivity contribution in [1.29, 1.82) is 0 Å². The quantitative estimate of drug-likeness (QED) is 0.283. The Kier molecular flexibility index (Phi) is 5.50. The van der Waals surface area contributed by atoms with E-state index in [1.54, 1.807) is 0 Å². The maximum atomic E-state index is 10.8. The van der Waals surface area contributed by atoms with Gasteiger partial charge < -0.3 is 35.8 Å². The Balaban J connectivity index is 1.83. The van der Waals surface area contributed by atoms with Crippen LogP contribution in [-0.2, 0) is 13.8 Å². The zero-order valence-electron chi connectivity index (χ0n) is 13.4. The molecule has 2 aromatic rings. The molecule has 1 saturated heterocycles. The van der Waals surface area contributed by atoms with E-state index in [2.05, 4.69) is 24.8 Å². The van der Waals surface area contributed by atoms with Gasteiger partial charge in [-0.05, 0) is 0 Å².